The maximum Gasteiger partial charge on any atom is 0.340 e. The molecule has 0 aromatic heterocycles. The average molecular weight is 520 g/mol. The minimum Gasteiger partial charge on any atom is -0.427 e. The predicted molar refractivity (Wildman–Crippen MR) is 143 cm³/mol. The molecule has 204 valence electrons. The van der Waals surface area contributed by atoms with Crippen molar-refractivity contribution in [2.75, 3.05) is 6.54 Å². The molecule has 38 heavy (non-hydrogen) atoms. The van der Waals surface area contributed by atoms with Gasteiger partial charge in [0.15, 0.2) is 0 Å². The van der Waals surface area contributed by atoms with Gasteiger partial charge in [-0.1, -0.05) is 32.3 Å². The summed E-state index contributed by atoms with van der Waals surface area (Å²) in [6.45, 7) is 5.42. The quantitative estimate of drug-likeness (QED) is 0.503. The van der Waals surface area contributed by atoms with Crippen LogP contribution in [-0.4, -0.2) is 24.6 Å². The number of fused-ring (bicyclic) bond motifs is 1. The van der Waals surface area contributed by atoms with Gasteiger partial charge < -0.3 is 14.8 Å². The lowest BCUT2D eigenvalue weighted by atomic mass is 9.43. The van der Waals surface area contributed by atoms with Gasteiger partial charge in [-0.15, -0.1) is 0 Å². The molecule has 6 heteroatoms. The molecule has 1 spiro atoms. The smallest absolute Gasteiger partial charge is 0.340 e. The minimum atomic E-state index is -0.506. The van der Waals surface area contributed by atoms with Gasteiger partial charge in [0.1, 0.15) is 17.7 Å². The van der Waals surface area contributed by atoms with Gasteiger partial charge in [-0.3, -0.25) is 5.73 Å². The number of quaternary nitrogens is 1. The van der Waals surface area contributed by atoms with E-state index in [1.54, 1.807) is 0 Å². The number of hydrogen-bond acceptors (Lipinski definition) is 5. The van der Waals surface area contributed by atoms with Crippen LogP contribution in [0.5, 0.6) is 0 Å². The fraction of sp³-hybridized carbons (Fsp3) is 0.688. The lowest BCUT2D eigenvalue weighted by Gasteiger charge is -2.57. The number of piperidine rings is 1. The van der Waals surface area contributed by atoms with E-state index in [1.807, 2.05) is 0 Å². The Labute approximate surface area is 226 Å². The summed E-state index contributed by atoms with van der Waals surface area (Å²) in [7, 11) is 0. The van der Waals surface area contributed by atoms with Crippen molar-refractivity contribution in [3.63, 3.8) is 0 Å². The highest BCUT2D eigenvalue weighted by Gasteiger charge is 2.69. The van der Waals surface area contributed by atoms with Crippen molar-refractivity contribution in [3.05, 3.63) is 45.5 Å². The number of hydrogen-bond donors (Lipinski definition) is 2. The summed E-state index contributed by atoms with van der Waals surface area (Å²) in [6, 6.07) is 0. The molecule has 2 bridgehead atoms. The van der Waals surface area contributed by atoms with Gasteiger partial charge in [0.2, 0.25) is 0 Å². The first kappa shape index (κ1) is 24.8. The van der Waals surface area contributed by atoms with Gasteiger partial charge in [0, 0.05) is 23.5 Å². The molecule has 4 N–H and O–H groups in total. The summed E-state index contributed by atoms with van der Waals surface area (Å²) in [4.78, 5) is 27.5. The Morgan fingerprint density at radius 3 is 2.71 bits per heavy atom. The number of carbonyl (C=O) groups is 2. The van der Waals surface area contributed by atoms with E-state index in [0.29, 0.717) is 23.7 Å². The molecule has 3 fully saturated rings. The maximum atomic E-state index is 13.8. The highest BCUT2D eigenvalue weighted by Crippen LogP contribution is 2.72. The molecule has 3 heterocycles. The summed E-state index contributed by atoms with van der Waals surface area (Å²) in [6.07, 6.45) is 14.6. The number of cyclic esters (lactones) is 1. The van der Waals surface area contributed by atoms with Crippen molar-refractivity contribution < 1.29 is 24.4 Å². The number of unbranched alkanes of at least 4 members (excludes halogenated alkanes) is 1. The van der Waals surface area contributed by atoms with Crippen LogP contribution >= 0.6 is 0 Å². The minimum absolute atomic E-state index is 0.00581. The molecule has 2 saturated heterocycles. The Morgan fingerprint density at radius 2 is 1.92 bits per heavy atom. The molecule has 1 saturated carbocycles. The second-order valence-corrected chi connectivity index (χ2v) is 13.1. The lowest BCUT2D eigenvalue weighted by Crippen LogP contribution is -2.94. The number of nitrogens with two attached hydrogens (primary N) is 2. The van der Waals surface area contributed by atoms with Gasteiger partial charge >= 0.3 is 11.9 Å². The van der Waals surface area contributed by atoms with Gasteiger partial charge in [-0.05, 0) is 93.1 Å². The third-order valence-corrected chi connectivity index (χ3v) is 11.1. The van der Waals surface area contributed by atoms with Crippen LogP contribution in [0.3, 0.4) is 0 Å². The molecule has 0 radical (unpaired) electrons. The molecule has 3 aliphatic heterocycles. The number of esters is 2. The van der Waals surface area contributed by atoms with E-state index in [4.69, 9.17) is 15.2 Å². The predicted octanol–water partition coefficient (Wildman–Crippen LogP) is 4.54. The molecule has 7 unspecified atom stereocenters. The number of allylic oxidation sites excluding steroid dienone is 5. The second kappa shape index (κ2) is 9.19. The molecule has 5 aliphatic carbocycles. The standard InChI is InChI=1S/C32H42N2O4/c1-3-5-7-23-32-12-10-20(21(28(32)31(36)37-23)14-17-11-13-34-24(33)15-17)22-16-19-9-8-18(6-4-2)29-25(19)26(27(22)32)30(35)38-29/h7,17,19-20,22,24,27,34H,3-6,8-16,33H2,1-2H3/p+1. The van der Waals surface area contributed by atoms with Gasteiger partial charge in [-0.2, -0.15) is 0 Å². The lowest BCUT2D eigenvalue weighted by molar-refractivity contribution is -0.699. The van der Waals surface area contributed by atoms with E-state index in [1.165, 1.54) is 16.7 Å². The zero-order valence-electron chi connectivity index (χ0n) is 23.0. The van der Waals surface area contributed by atoms with Crippen LogP contribution in [0, 0.1) is 35.0 Å². The first-order valence-corrected chi connectivity index (χ1v) is 15.4. The number of rotatable bonds is 6. The van der Waals surface area contributed by atoms with Crippen LogP contribution in [0.2, 0.25) is 0 Å². The van der Waals surface area contributed by atoms with Crippen molar-refractivity contribution in [1.29, 1.82) is 0 Å². The van der Waals surface area contributed by atoms with Gasteiger partial charge in [0.25, 0.3) is 0 Å². The number of carbonyl (C=O) groups excluding carboxylic acids is 2. The molecular weight excluding hydrogens is 476 g/mol. The maximum absolute atomic E-state index is 13.8. The molecule has 6 nitrogen and oxygen atoms in total. The van der Waals surface area contributed by atoms with Crippen molar-refractivity contribution in [2.45, 2.75) is 97.1 Å². The SMILES string of the molecule is CCCC=C1OC(=O)C2=C(CC3CC[NH2+]C(N)C3)C3CCC12C1C2=C4C(=C(CCC)CCC4CC31)OC2=O. The van der Waals surface area contributed by atoms with E-state index < -0.39 is 5.41 Å². The molecule has 0 amide bonds. The Kier molecular flexibility index (Phi) is 6.01. The highest BCUT2D eigenvalue weighted by atomic mass is 16.5. The van der Waals surface area contributed by atoms with Crippen molar-refractivity contribution in [3.8, 4) is 0 Å². The zero-order valence-corrected chi connectivity index (χ0v) is 23.0. The van der Waals surface area contributed by atoms with Crippen LogP contribution in [0.1, 0.15) is 90.9 Å². The van der Waals surface area contributed by atoms with Gasteiger partial charge in [0.05, 0.1) is 17.5 Å². The fourth-order valence-corrected chi connectivity index (χ4v) is 9.75. The Bertz CT molecular complexity index is 1210. The topological polar surface area (TPSA) is 95.2 Å². The molecule has 0 aromatic carbocycles. The summed E-state index contributed by atoms with van der Waals surface area (Å²) in [5, 5.41) is 2.25. The molecule has 8 aliphatic rings. The fourth-order valence-electron chi connectivity index (χ4n) is 9.75. The molecule has 7 atom stereocenters. The van der Waals surface area contributed by atoms with Crippen molar-refractivity contribution >= 4 is 11.9 Å². The van der Waals surface area contributed by atoms with E-state index in [2.05, 4.69) is 25.2 Å². The summed E-state index contributed by atoms with van der Waals surface area (Å²) in [5.41, 5.74) is 11.6. The average Bonchev–Trinajstić information content (AvgIpc) is 3.40. The second-order valence-electron chi connectivity index (χ2n) is 13.1. The van der Waals surface area contributed by atoms with Crippen LogP contribution < -0.4 is 11.1 Å². The summed E-state index contributed by atoms with van der Waals surface area (Å²) < 4.78 is 12.3. The third kappa shape index (κ3) is 3.38. The van der Waals surface area contributed by atoms with Crippen LogP contribution in [0.15, 0.2) is 45.5 Å². The van der Waals surface area contributed by atoms with Crippen LogP contribution in [0.25, 0.3) is 0 Å². The third-order valence-electron chi connectivity index (χ3n) is 11.1. The number of ether oxygens (including phenoxy) is 2. The summed E-state index contributed by atoms with van der Waals surface area (Å²) >= 11 is 0. The first-order chi connectivity index (χ1) is 18.5. The largest absolute Gasteiger partial charge is 0.427 e. The Morgan fingerprint density at radius 1 is 1.05 bits per heavy atom. The van der Waals surface area contributed by atoms with Crippen molar-refractivity contribution in [2.24, 2.45) is 40.7 Å². The monoisotopic (exact) mass is 519 g/mol. The first-order valence-electron chi connectivity index (χ1n) is 15.4. The Hall–Kier alpha value is -2.18. The van der Waals surface area contributed by atoms with Crippen LogP contribution in [-0.2, 0) is 19.1 Å². The van der Waals surface area contributed by atoms with Crippen molar-refractivity contribution in [1.82, 2.24) is 0 Å². The zero-order chi connectivity index (χ0) is 26.2. The van der Waals surface area contributed by atoms with E-state index in [-0.39, 0.29) is 24.0 Å². The van der Waals surface area contributed by atoms with E-state index in [9.17, 15) is 9.59 Å². The highest BCUT2D eigenvalue weighted by molar-refractivity contribution is 6.00. The Balaban J connectivity index is 1.41. The van der Waals surface area contributed by atoms with E-state index >= 15 is 0 Å². The van der Waals surface area contributed by atoms with Crippen LogP contribution in [0.4, 0.5) is 0 Å². The van der Waals surface area contributed by atoms with E-state index in [0.717, 1.165) is 106 Å². The molecular formula is C32H43N2O4+. The van der Waals surface area contributed by atoms with Gasteiger partial charge in [-0.25, -0.2) is 9.59 Å². The molecule has 0 aromatic rings. The summed E-state index contributed by atoms with van der Waals surface area (Å²) in [5.74, 6) is 3.07. The normalized spacial score (nSPS) is 40.4. The molecule has 8 rings (SSSR count).